The molecule has 0 saturated carbocycles. The smallest absolute Gasteiger partial charge is 0.276 e. The first-order valence-electron chi connectivity index (χ1n) is 6.48. The monoisotopic (exact) mass is 245 g/mol. The number of carbonyl (C=O) groups is 1. The minimum atomic E-state index is -0.212. The SMILES string of the molecule is CCCCCCc1ccc2c(c1)NC(=O)C2=NN. The molecule has 0 bridgehead atoms. The Labute approximate surface area is 107 Å². The minimum absolute atomic E-state index is 0.212. The van der Waals surface area contributed by atoms with Crippen LogP contribution in [0.3, 0.4) is 0 Å². The molecule has 1 aliphatic heterocycles. The van der Waals surface area contributed by atoms with E-state index >= 15 is 0 Å². The highest BCUT2D eigenvalue weighted by Crippen LogP contribution is 2.25. The predicted octanol–water partition coefficient (Wildman–Crippen LogP) is 2.42. The molecule has 3 N–H and O–H groups in total. The molecule has 1 amide bonds. The van der Waals surface area contributed by atoms with E-state index in [4.69, 9.17) is 5.84 Å². The molecule has 0 fully saturated rings. The number of hydrogen-bond donors (Lipinski definition) is 2. The molecule has 0 aliphatic carbocycles. The molecule has 0 aromatic heterocycles. The fraction of sp³-hybridized carbons (Fsp3) is 0.429. The van der Waals surface area contributed by atoms with Gasteiger partial charge in [0.15, 0.2) is 5.71 Å². The number of carbonyl (C=O) groups excluding carboxylic acids is 1. The standard InChI is InChI=1S/C14H19N3O/c1-2-3-4-5-6-10-7-8-11-12(9-10)16-14(18)13(11)17-15/h7-9H,2-6,15H2,1H3,(H,16,17,18). The Bertz CT molecular complexity index is 480. The number of anilines is 1. The lowest BCUT2D eigenvalue weighted by atomic mass is 10.0. The number of hydrazone groups is 1. The van der Waals surface area contributed by atoms with E-state index in [1.54, 1.807) is 0 Å². The molecular formula is C14H19N3O. The summed E-state index contributed by atoms with van der Waals surface area (Å²) in [6.07, 6.45) is 6.04. The molecule has 0 saturated heterocycles. The van der Waals surface area contributed by atoms with Gasteiger partial charge in [-0.2, -0.15) is 5.10 Å². The third kappa shape index (κ3) is 2.53. The number of nitrogens with one attached hydrogen (secondary N) is 1. The topological polar surface area (TPSA) is 67.5 Å². The van der Waals surface area contributed by atoms with Gasteiger partial charge in [0.25, 0.3) is 5.91 Å². The van der Waals surface area contributed by atoms with Crippen LogP contribution in [0.5, 0.6) is 0 Å². The van der Waals surface area contributed by atoms with Crippen LogP contribution in [-0.4, -0.2) is 11.6 Å². The molecule has 1 aliphatic rings. The Kier molecular flexibility index (Phi) is 3.97. The number of aryl methyl sites for hydroxylation is 1. The van der Waals surface area contributed by atoms with Gasteiger partial charge in [-0.25, -0.2) is 0 Å². The summed E-state index contributed by atoms with van der Waals surface area (Å²) in [4.78, 5) is 11.6. The lowest BCUT2D eigenvalue weighted by Crippen LogP contribution is -2.15. The van der Waals surface area contributed by atoms with Crippen LogP contribution in [0.15, 0.2) is 23.3 Å². The molecule has 1 aromatic carbocycles. The number of hydrogen-bond acceptors (Lipinski definition) is 3. The van der Waals surface area contributed by atoms with E-state index in [2.05, 4.69) is 23.4 Å². The van der Waals surface area contributed by atoms with Crippen molar-refractivity contribution >= 4 is 17.3 Å². The second-order valence-corrected chi connectivity index (χ2v) is 4.62. The van der Waals surface area contributed by atoms with Crippen LogP contribution in [0, 0.1) is 0 Å². The van der Waals surface area contributed by atoms with Crippen LogP contribution < -0.4 is 11.2 Å². The Hall–Kier alpha value is -1.84. The van der Waals surface area contributed by atoms with Crippen LogP contribution >= 0.6 is 0 Å². The molecule has 96 valence electrons. The summed E-state index contributed by atoms with van der Waals surface area (Å²) in [5.74, 6) is 5.01. The molecule has 0 radical (unpaired) electrons. The third-order valence-electron chi connectivity index (χ3n) is 3.25. The normalized spacial score (nSPS) is 15.8. The van der Waals surface area contributed by atoms with Gasteiger partial charge in [-0.1, -0.05) is 38.3 Å². The van der Waals surface area contributed by atoms with E-state index < -0.39 is 0 Å². The van der Waals surface area contributed by atoms with E-state index in [1.807, 2.05) is 12.1 Å². The fourth-order valence-corrected chi connectivity index (χ4v) is 2.24. The van der Waals surface area contributed by atoms with Gasteiger partial charge in [0.2, 0.25) is 0 Å². The van der Waals surface area contributed by atoms with E-state index in [-0.39, 0.29) is 5.91 Å². The first-order chi connectivity index (χ1) is 8.76. The summed E-state index contributed by atoms with van der Waals surface area (Å²) >= 11 is 0. The average molecular weight is 245 g/mol. The van der Waals surface area contributed by atoms with Crippen LogP contribution in [-0.2, 0) is 11.2 Å². The summed E-state index contributed by atoms with van der Waals surface area (Å²) in [5.41, 5.74) is 3.21. The molecule has 0 unspecified atom stereocenters. The van der Waals surface area contributed by atoms with E-state index in [1.165, 1.54) is 31.2 Å². The number of nitrogens with two attached hydrogens (primary N) is 1. The maximum absolute atomic E-state index is 11.6. The highest BCUT2D eigenvalue weighted by atomic mass is 16.2. The highest BCUT2D eigenvalue weighted by molar-refractivity contribution is 6.53. The Morgan fingerprint density at radius 1 is 1.28 bits per heavy atom. The largest absolute Gasteiger partial charge is 0.322 e. The molecule has 18 heavy (non-hydrogen) atoms. The first-order valence-corrected chi connectivity index (χ1v) is 6.48. The third-order valence-corrected chi connectivity index (χ3v) is 3.25. The molecule has 4 nitrogen and oxygen atoms in total. The van der Waals surface area contributed by atoms with Gasteiger partial charge < -0.3 is 11.2 Å². The zero-order valence-corrected chi connectivity index (χ0v) is 10.7. The summed E-state index contributed by atoms with van der Waals surface area (Å²) in [6, 6.07) is 6.00. The number of nitrogens with zero attached hydrogens (tertiary/aromatic N) is 1. The Morgan fingerprint density at radius 2 is 2.11 bits per heavy atom. The van der Waals surface area contributed by atoms with Gasteiger partial charge in [-0.05, 0) is 24.5 Å². The predicted molar refractivity (Wildman–Crippen MR) is 73.6 cm³/mol. The van der Waals surface area contributed by atoms with Gasteiger partial charge in [-0.15, -0.1) is 0 Å². The zero-order chi connectivity index (χ0) is 13.0. The lowest BCUT2D eigenvalue weighted by molar-refractivity contribution is -0.110. The quantitative estimate of drug-likeness (QED) is 0.475. The summed E-state index contributed by atoms with van der Waals surface area (Å²) < 4.78 is 0. The fourth-order valence-electron chi connectivity index (χ4n) is 2.24. The summed E-state index contributed by atoms with van der Waals surface area (Å²) in [6.45, 7) is 2.21. The zero-order valence-electron chi connectivity index (χ0n) is 10.7. The summed E-state index contributed by atoms with van der Waals surface area (Å²) in [5, 5.41) is 6.32. The van der Waals surface area contributed by atoms with Gasteiger partial charge in [0.05, 0.1) is 5.69 Å². The van der Waals surface area contributed by atoms with Crippen molar-refractivity contribution < 1.29 is 4.79 Å². The maximum atomic E-state index is 11.6. The van der Waals surface area contributed by atoms with Crippen molar-refractivity contribution in [1.29, 1.82) is 0 Å². The van der Waals surface area contributed by atoms with Crippen LogP contribution in [0.25, 0.3) is 0 Å². The van der Waals surface area contributed by atoms with E-state index in [9.17, 15) is 4.79 Å². The maximum Gasteiger partial charge on any atom is 0.276 e. The first kappa shape index (κ1) is 12.6. The minimum Gasteiger partial charge on any atom is -0.322 e. The molecule has 2 rings (SSSR count). The Morgan fingerprint density at radius 3 is 2.83 bits per heavy atom. The number of fused-ring (bicyclic) bond motifs is 1. The van der Waals surface area contributed by atoms with Crippen molar-refractivity contribution in [3.8, 4) is 0 Å². The molecule has 0 atom stereocenters. The van der Waals surface area contributed by atoms with Crippen molar-refractivity contribution in [2.75, 3.05) is 5.32 Å². The van der Waals surface area contributed by atoms with Gasteiger partial charge >= 0.3 is 0 Å². The lowest BCUT2D eigenvalue weighted by Gasteiger charge is -2.04. The van der Waals surface area contributed by atoms with Crippen molar-refractivity contribution in [3.63, 3.8) is 0 Å². The molecule has 0 spiro atoms. The van der Waals surface area contributed by atoms with Gasteiger partial charge in [0, 0.05) is 5.56 Å². The van der Waals surface area contributed by atoms with Crippen molar-refractivity contribution in [1.82, 2.24) is 0 Å². The van der Waals surface area contributed by atoms with Crippen LogP contribution in [0.4, 0.5) is 5.69 Å². The van der Waals surface area contributed by atoms with Crippen LogP contribution in [0.2, 0.25) is 0 Å². The van der Waals surface area contributed by atoms with Crippen molar-refractivity contribution in [2.45, 2.75) is 39.0 Å². The van der Waals surface area contributed by atoms with E-state index in [0.29, 0.717) is 5.71 Å². The van der Waals surface area contributed by atoms with Crippen molar-refractivity contribution in [2.24, 2.45) is 10.9 Å². The van der Waals surface area contributed by atoms with Crippen molar-refractivity contribution in [3.05, 3.63) is 29.3 Å². The number of unbranched alkanes of at least 4 members (excludes halogenated alkanes) is 3. The second-order valence-electron chi connectivity index (χ2n) is 4.62. The van der Waals surface area contributed by atoms with E-state index in [0.717, 1.165) is 17.7 Å². The van der Waals surface area contributed by atoms with Gasteiger partial charge in [0.1, 0.15) is 0 Å². The number of benzene rings is 1. The number of rotatable bonds is 5. The molecule has 1 aromatic rings. The Balaban J connectivity index is 2.06. The average Bonchev–Trinajstić information content (AvgIpc) is 2.69. The highest BCUT2D eigenvalue weighted by Gasteiger charge is 2.25. The molecule has 4 heteroatoms. The van der Waals surface area contributed by atoms with Gasteiger partial charge in [-0.3, -0.25) is 4.79 Å². The van der Waals surface area contributed by atoms with Crippen LogP contribution in [0.1, 0.15) is 43.7 Å². The second kappa shape index (κ2) is 5.67. The molecular weight excluding hydrogens is 226 g/mol. The molecule has 1 heterocycles. The number of amides is 1. The summed E-state index contributed by atoms with van der Waals surface area (Å²) in [7, 11) is 0.